The minimum atomic E-state index is -0.521. The lowest BCUT2D eigenvalue weighted by Crippen LogP contribution is -2.11. The average Bonchev–Trinajstić information content (AvgIpc) is 2.15. The Morgan fingerprint density at radius 3 is 2.85 bits per heavy atom. The number of nitrogens with zero attached hydrogens (tertiary/aromatic N) is 2. The van der Waals surface area contributed by atoms with Crippen molar-refractivity contribution in [1.82, 2.24) is 9.97 Å². The van der Waals surface area contributed by atoms with Crippen LogP contribution in [0.5, 0.6) is 0 Å². The molecule has 5 heteroatoms. The van der Waals surface area contributed by atoms with Crippen molar-refractivity contribution in [2.45, 2.75) is 13.3 Å². The Kier molecular flexibility index (Phi) is 3.19. The number of rotatable bonds is 3. The first kappa shape index (κ1) is 9.44. The van der Waals surface area contributed by atoms with E-state index in [1.54, 1.807) is 0 Å². The standard InChI is InChI=1S/C8H11N3O2/c1-2-5-13-8(12)6-7(9)11-4-3-10-6/h3-4H,2,5H2,1H3,(H2,9,11). The molecule has 0 unspecified atom stereocenters. The zero-order valence-electron chi connectivity index (χ0n) is 7.36. The van der Waals surface area contributed by atoms with Gasteiger partial charge in [-0.2, -0.15) is 0 Å². The molecular formula is C8H11N3O2. The van der Waals surface area contributed by atoms with Crippen molar-refractivity contribution in [2.24, 2.45) is 0 Å². The van der Waals surface area contributed by atoms with E-state index >= 15 is 0 Å². The van der Waals surface area contributed by atoms with Gasteiger partial charge in [0.25, 0.3) is 0 Å². The molecule has 0 spiro atoms. The van der Waals surface area contributed by atoms with Gasteiger partial charge in [-0.3, -0.25) is 0 Å². The highest BCUT2D eigenvalue weighted by molar-refractivity contribution is 5.91. The Morgan fingerprint density at radius 2 is 2.23 bits per heavy atom. The normalized spacial score (nSPS) is 9.62. The van der Waals surface area contributed by atoms with E-state index in [4.69, 9.17) is 10.5 Å². The first-order valence-corrected chi connectivity index (χ1v) is 3.99. The molecule has 1 aromatic rings. The number of nitrogen functional groups attached to an aromatic ring is 1. The van der Waals surface area contributed by atoms with Crippen LogP contribution in [0.4, 0.5) is 5.82 Å². The summed E-state index contributed by atoms with van der Waals surface area (Å²) in [6.07, 6.45) is 3.59. The molecule has 0 bridgehead atoms. The molecular weight excluding hydrogens is 170 g/mol. The molecule has 0 aliphatic heterocycles. The van der Waals surface area contributed by atoms with Crippen LogP contribution in [0, 0.1) is 0 Å². The van der Waals surface area contributed by atoms with Crippen LogP contribution in [-0.2, 0) is 4.74 Å². The molecule has 13 heavy (non-hydrogen) atoms. The Labute approximate surface area is 75.9 Å². The number of ether oxygens (including phenoxy) is 1. The molecule has 0 amide bonds. The Morgan fingerprint density at radius 1 is 1.54 bits per heavy atom. The fourth-order valence-electron chi connectivity index (χ4n) is 0.769. The SMILES string of the molecule is CCCOC(=O)c1nccnc1N. The molecule has 1 rings (SSSR count). The summed E-state index contributed by atoms with van der Waals surface area (Å²) < 4.78 is 4.84. The zero-order valence-corrected chi connectivity index (χ0v) is 7.36. The van der Waals surface area contributed by atoms with E-state index in [-0.39, 0.29) is 11.5 Å². The number of carbonyl (C=O) groups is 1. The second-order valence-electron chi connectivity index (χ2n) is 2.43. The second kappa shape index (κ2) is 4.39. The van der Waals surface area contributed by atoms with Crippen LogP contribution in [0.1, 0.15) is 23.8 Å². The molecule has 0 atom stereocenters. The highest BCUT2D eigenvalue weighted by Gasteiger charge is 2.12. The molecule has 0 aromatic carbocycles. The summed E-state index contributed by atoms with van der Waals surface area (Å²) in [6.45, 7) is 2.28. The lowest BCUT2D eigenvalue weighted by atomic mass is 10.4. The van der Waals surface area contributed by atoms with Crippen molar-refractivity contribution in [3.8, 4) is 0 Å². The van der Waals surface area contributed by atoms with Crippen LogP contribution in [0.15, 0.2) is 12.4 Å². The van der Waals surface area contributed by atoms with Crippen LogP contribution in [0.3, 0.4) is 0 Å². The number of esters is 1. The van der Waals surface area contributed by atoms with Gasteiger partial charge in [0.05, 0.1) is 6.61 Å². The van der Waals surface area contributed by atoms with E-state index in [0.717, 1.165) is 6.42 Å². The minimum absolute atomic E-state index is 0.0796. The monoisotopic (exact) mass is 181 g/mol. The van der Waals surface area contributed by atoms with Crippen LogP contribution in [-0.4, -0.2) is 22.5 Å². The molecule has 0 fully saturated rings. The summed E-state index contributed by atoms with van der Waals surface area (Å²) >= 11 is 0. The van der Waals surface area contributed by atoms with Crippen LogP contribution in [0.2, 0.25) is 0 Å². The first-order valence-electron chi connectivity index (χ1n) is 3.99. The highest BCUT2D eigenvalue weighted by atomic mass is 16.5. The Balaban J connectivity index is 2.71. The van der Waals surface area contributed by atoms with E-state index in [0.29, 0.717) is 6.61 Å². The second-order valence-corrected chi connectivity index (χ2v) is 2.43. The van der Waals surface area contributed by atoms with E-state index in [1.807, 2.05) is 6.92 Å². The quantitative estimate of drug-likeness (QED) is 0.692. The molecule has 0 saturated carbocycles. The van der Waals surface area contributed by atoms with Crippen molar-refractivity contribution in [2.75, 3.05) is 12.3 Å². The Bertz CT molecular complexity index is 301. The van der Waals surface area contributed by atoms with Crippen molar-refractivity contribution in [3.05, 3.63) is 18.1 Å². The Hall–Kier alpha value is -1.65. The maximum absolute atomic E-state index is 11.2. The summed E-state index contributed by atoms with van der Waals surface area (Å²) in [4.78, 5) is 18.7. The summed E-state index contributed by atoms with van der Waals surface area (Å²) in [5.41, 5.74) is 5.50. The van der Waals surface area contributed by atoms with Crippen molar-refractivity contribution in [1.29, 1.82) is 0 Å². The van der Waals surface area contributed by atoms with Gasteiger partial charge in [0, 0.05) is 12.4 Å². The predicted octanol–water partition coefficient (Wildman–Crippen LogP) is 0.626. The predicted molar refractivity (Wildman–Crippen MR) is 47.0 cm³/mol. The molecule has 2 N–H and O–H groups in total. The van der Waals surface area contributed by atoms with E-state index < -0.39 is 5.97 Å². The average molecular weight is 181 g/mol. The molecule has 0 aliphatic rings. The topological polar surface area (TPSA) is 78.1 Å². The molecule has 5 nitrogen and oxygen atoms in total. The van der Waals surface area contributed by atoms with Gasteiger partial charge in [0.1, 0.15) is 0 Å². The maximum atomic E-state index is 11.2. The summed E-state index contributed by atoms with van der Waals surface area (Å²) in [5.74, 6) is -0.420. The lowest BCUT2D eigenvalue weighted by molar-refractivity contribution is 0.0499. The maximum Gasteiger partial charge on any atom is 0.360 e. The van der Waals surface area contributed by atoms with E-state index in [2.05, 4.69) is 9.97 Å². The van der Waals surface area contributed by atoms with Crippen LogP contribution in [0.25, 0.3) is 0 Å². The third kappa shape index (κ3) is 2.40. The molecule has 0 saturated heterocycles. The number of hydrogen-bond acceptors (Lipinski definition) is 5. The van der Waals surface area contributed by atoms with Gasteiger partial charge in [-0.05, 0) is 6.42 Å². The number of aromatic nitrogens is 2. The van der Waals surface area contributed by atoms with Crippen molar-refractivity contribution in [3.63, 3.8) is 0 Å². The van der Waals surface area contributed by atoms with Crippen LogP contribution >= 0.6 is 0 Å². The third-order valence-corrected chi connectivity index (χ3v) is 1.36. The molecule has 1 heterocycles. The summed E-state index contributed by atoms with van der Waals surface area (Å²) in [6, 6.07) is 0. The molecule has 0 radical (unpaired) electrons. The number of hydrogen-bond donors (Lipinski definition) is 1. The van der Waals surface area contributed by atoms with Gasteiger partial charge in [0.2, 0.25) is 0 Å². The minimum Gasteiger partial charge on any atom is -0.461 e. The first-order chi connectivity index (χ1) is 6.25. The summed E-state index contributed by atoms with van der Waals surface area (Å²) in [7, 11) is 0. The number of carbonyl (C=O) groups excluding carboxylic acids is 1. The van der Waals surface area contributed by atoms with Gasteiger partial charge in [-0.25, -0.2) is 14.8 Å². The third-order valence-electron chi connectivity index (χ3n) is 1.36. The van der Waals surface area contributed by atoms with Crippen molar-refractivity contribution >= 4 is 11.8 Å². The summed E-state index contributed by atoms with van der Waals surface area (Å²) in [5, 5.41) is 0. The highest BCUT2D eigenvalue weighted by Crippen LogP contribution is 2.04. The van der Waals surface area contributed by atoms with Crippen LogP contribution < -0.4 is 5.73 Å². The molecule has 1 aromatic heterocycles. The van der Waals surface area contributed by atoms with Crippen molar-refractivity contribution < 1.29 is 9.53 Å². The lowest BCUT2D eigenvalue weighted by Gasteiger charge is -2.02. The molecule has 0 aliphatic carbocycles. The smallest absolute Gasteiger partial charge is 0.360 e. The largest absolute Gasteiger partial charge is 0.461 e. The van der Waals surface area contributed by atoms with Gasteiger partial charge in [-0.1, -0.05) is 6.92 Å². The fourth-order valence-corrected chi connectivity index (χ4v) is 0.769. The van der Waals surface area contributed by atoms with E-state index in [9.17, 15) is 4.79 Å². The fraction of sp³-hybridized carbons (Fsp3) is 0.375. The number of nitrogens with two attached hydrogens (primary N) is 1. The van der Waals surface area contributed by atoms with E-state index in [1.165, 1.54) is 12.4 Å². The zero-order chi connectivity index (χ0) is 9.68. The molecule has 70 valence electrons. The van der Waals surface area contributed by atoms with Gasteiger partial charge < -0.3 is 10.5 Å². The van der Waals surface area contributed by atoms with Gasteiger partial charge >= 0.3 is 5.97 Å². The van der Waals surface area contributed by atoms with Gasteiger partial charge in [-0.15, -0.1) is 0 Å². The van der Waals surface area contributed by atoms with Gasteiger partial charge in [0.15, 0.2) is 11.5 Å². The number of anilines is 1.